The standard InChI is InChI=1S/C17H21NO7S/c1-17(15(20)21,26(2,23)24)10-14-11-18(16(22)25-14)13-7-5-12(6-8-13)4-3-9-19/h5-9,14H,3-4,10-11H2,1-2H3,(H,20,21). The van der Waals surface area contributed by atoms with Crippen LogP contribution >= 0.6 is 0 Å². The minimum absolute atomic E-state index is 0.0604. The van der Waals surface area contributed by atoms with Gasteiger partial charge in [0.25, 0.3) is 0 Å². The van der Waals surface area contributed by atoms with Crippen LogP contribution in [0.25, 0.3) is 0 Å². The molecule has 1 aromatic rings. The Balaban J connectivity index is 2.13. The molecule has 0 saturated carbocycles. The van der Waals surface area contributed by atoms with E-state index in [1.54, 1.807) is 24.3 Å². The SMILES string of the molecule is CC(CC1CN(c2ccc(CCC=O)cc2)C(=O)O1)(C(=O)O)S(C)(=O)=O. The number of anilines is 1. The molecule has 2 unspecified atom stereocenters. The molecule has 1 heterocycles. The number of carbonyl (C=O) groups excluding carboxylic acids is 2. The molecule has 1 fully saturated rings. The summed E-state index contributed by atoms with van der Waals surface area (Å²) in [5.74, 6) is -1.48. The summed E-state index contributed by atoms with van der Waals surface area (Å²) in [6.07, 6.45) is 0.853. The van der Waals surface area contributed by atoms with Gasteiger partial charge >= 0.3 is 12.1 Å². The largest absolute Gasteiger partial charge is 0.480 e. The van der Waals surface area contributed by atoms with Crippen LogP contribution in [0.1, 0.15) is 25.3 Å². The number of carbonyl (C=O) groups is 3. The van der Waals surface area contributed by atoms with Crippen molar-refractivity contribution in [3.8, 4) is 0 Å². The Morgan fingerprint density at radius 2 is 2.00 bits per heavy atom. The third-order valence-corrected chi connectivity index (χ3v) is 6.54. The molecule has 8 nitrogen and oxygen atoms in total. The Labute approximate surface area is 151 Å². The van der Waals surface area contributed by atoms with Crippen molar-refractivity contribution < 1.29 is 32.6 Å². The van der Waals surface area contributed by atoms with Crippen LogP contribution in [-0.2, 0) is 30.6 Å². The highest BCUT2D eigenvalue weighted by Gasteiger charge is 2.48. The topological polar surface area (TPSA) is 118 Å². The third-order valence-electron chi connectivity index (χ3n) is 4.56. The number of aryl methyl sites for hydroxylation is 1. The Morgan fingerprint density at radius 1 is 1.38 bits per heavy atom. The maximum atomic E-state index is 12.1. The average Bonchev–Trinajstić information content (AvgIpc) is 2.92. The van der Waals surface area contributed by atoms with E-state index in [-0.39, 0.29) is 13.0 Å². The molecule has 0 spiro atoms. The van der Waals surface area contributed by atoms with Crippen molar-refractivity contribution in [3.05, 3.63) is 29.8 Å². The molecular formula is C17H21NO7S. The molecule has 0 radical (unpaired) electrons. The first-order chi connectivity index (χ1) is 12.1. The number of hydrogen-bond acceptors (Lipinski definition) is 6. The second-order valence-electron chi connectivity index (χ2n) is 6.50. The number of aldehydes is 1. The highest BCUT2D eigenvalue weighted by Crippen LogP contribution is 2.30. The minimum Gasteiger partial charge on any atom is -0.480 e. The highest BCUT2D eigenvalue weighted by atomic mass is 32.2. The summed E-state index contributed by atoms with van der Waals surface area (Å²) in [6.45, 7) is 1.17. The van der Waals surface area contributed by atoms with Crippen molar-refractivity contribution in [2.24, 2.45) is 0 Å². The summed E-state index contributed by atoms with van der Waals surface area (Å²) < 4.78 is 26.9. The third kappa shape index (κ3) is 4.04. The average molecular weight is 383 g/mol. The fourth-order valence-electron chi connectivity index (χ4n) is 2.74. The van der Waals surface area contributed by atoms with Gasteiger partial charge in [0.2, 0.25) is 0 Å². The molecule has 1 amide bonds. The summed E-state index contributed by atoms with van der Waals surface area (Å²) in [4.78, 5) is 35.3. The highest BCUT2D eigenvalue weighted by molar-refractivity contribution is 7.92. The number of carboxylic acids is 1. The number of carboxylic acid groups (broad SMARTS) is 1. The summed E-state index contributed by atoms with van der Waals surface area (Å²) in [7, 11) is -3.90. The van der Waals surface area contributed by atoms with Crippen molar-refractivity contribution in [2.75, 3.05) is 17.7 Å². The number of sulfone groups is 1. The Kier molecular flexibility index (Phi) is 5.70. The predicted octanol–water partition coefficient (Wildman–Crippen LogP) is 1.42. The monoisotopic (exact) mass is 383 g/mol. The minimum atomic E-state index is -3.90. The lowest BCUT2D eigenvalue weighted by atomic mass is 10.0. The summed E-state index contributed by atoms with van der Waals surface area (Å²) >= 11 is 0. The zero-order valence-electron chi connectivity index (χ0n) is 14.5. The van der Waals surface area contributed by atoms with E-state index in [0.717, 1.165) is 25.0 Å². The van der Waals surface area contributed by atoms with Gasteiger partial charge in [0.05, 0.1) is 6.54 Å². The van der Waals surface area contributed by atoms with Crippen LogP contribution in [0, 0.1) is 0 Å². The summed E-state index contributed by atoms with van der Waals surface area (Å²) in [5, 5.41) is 9.32. The van der Waals surface area contributed by atoms with E-state index >= 15 is 0 Å². The van der Waals surface area contributed by atoms with Gasteiger partial charge in [0, 0.05) is 24.8 Å². The smallest absolute Gasteiger partial charge is 0.414 e. The predicted molar refractivity (Wildman–Crippen MR) is 93.9 cm³/mol. The van der Waals surface area contributed by atoms with Crippen LogP contribution in [0.4, 0.5) is 10.5 Å². The molecule has 142 valence electrons. The van der Waals surface area contributed by atoms with Gasteiger partial charge in [0.15, 0.2) is 14.6 Å². The molecule has 1 aromatic carbocycles. The fraction of sp³-hybridized carbons (Fsp3) is 0.471. The lowest BCUT2D eigenvalue weighted by Crippen LogP contribution is -2.46. The maximum absolute atomic E-state index is 12.1. The molecule has 0 bridgehead atoms. The van der Waals surface area contributed by atoms with E-state index in [9.17, 15) is 27.9 Å². The number of ether oxygens (including phenoxy) is 1. The molecule has 26 heavy (non-hydrogen) atoms. The number of cyclic esters (lactones) is 1. The zero-order chi connectivity index (χ0) is 19.5. The Bertz CT molecular complexity index is 803. The molecule has 1 saturated heterocycles. The molecule has 2 atom stereocenters. The molecular weight excluding hydrogens is 362 g/mol. The van der Waals surface area contributed by atoms with Gasteiger partial charge in [-0.2, -0.15) is 0 Å². The maximum Gasteiger partial charge on any atom is 0.414 e. The van der Waals surface area contributed by atoms with Gasteiger partial charge in [0.1, 0.15) is 12.4 Å². The van der Waals surface area contributed by atoms with Crippen molar-refractivity contribution in [2.45, 2.75) is 37.0 Å². The lowest BCUT2D eigenvalue weighted by molar-refractivity contribution is -0.140. The Hall–Kier alpha value is -2.42. The molecule has 9 heteroatoms. The molecule has 0 aliphatic carbocycles. The first kappa shape index (κ1) is 19.9. The van der Waals surface area contributed by atoms with Gasteiger partial charge in [-0.05, 0) is 31.0 Å². The first-order valence-corrected chi connectivity index (χ1v) is 9.91. The first-order valence-electron chi connectivity index (χ1n) is 8.02. The van der Waals surface area contributed by atoms with E-state index in [2.05, 4.69) is 0 Å². The van der Waals surface area contributed by atoms with Crippen molar-refractivity contribution in [1.29, 1.82) is 0 Å². The van der Waals surface area contributed by atoms with Crippen LogP contribution in [0.5, 0.6) is 0 Å². The van der Waals surface area contributed by atoms with Gasteiger partial charge in [-0.15, -0.1) is 0 Å². The summed E-state index contributed by atoms with van der Waals surface area (Å²) in [6, 6.07) is 6.99. The lowest BCUT2D eigenvalue weighted by Gasteiger charge is -2.24. The van der Waals surface area contributed by atoms with E-state index in [0.29, 0.717) is 18.5 Å². The molecule has 1 aliphatic heterocycles. The van der Waals surface area contributed by atoms with Crippen molar-refractivity contribution in [3.63, 3.8) is 0 Å². The quantitative estimate of drug-likeness (QED) is 0.675. The Morgan fingerprint density at radius 3 is 2.50 bits per heavy atom. The number of nitrogens with zero attached hydrogens (tertiary/aromatic N) is 1. The van der Waals surface area contributed by atoms with Crippen LogP contribution in [0.3, 0.4) is 0 Å². The molecule has 0 aromatic heterocycles. The number of aliphatic carboxylic acids is 1. The van der Waals surface area contributed by atoms with Crippen LogP contribution in [0.15, 0.2) is 24.3 Å². The van der Waals surface area contributed by atoms with Gasteiger partial charge in [-0.3, -0.25) is 9.69 Å². The van der Waals surface area contributed by atoms with Gasteiger partial charge in [-0.25, -0.2) is 13.2 Å². The normalized spacial score (nSPS) is 19.7. The van der Waals surface area contributed by atoms with Crippen LogP contribution in [-0.4, -0.2) is 55.5 Å². The van der Waals surface area contributed by atoms with Gasteiger partial charge < -0.3 is 14.6 Å². The van der Waals surface area contributed by atoms with Crippen molar-refractivity contribution >= 4 is 33.9 Å². The van der Waals surface area contributed by atoms with Crippen LogP contribution in [0.2, 0.25) is 0 Å². The second kappa shape index (κ2) is 7.45. The fourth-order valence-corrected chi connectivity index (χ4v) is 3.54. The number of benzene rings is 1. The number of rotatable bonds is 8. The summed E-state index contributed by atoms with van der Waals surface area (Å²) in [5.41, 5.74) is 1.50. The van der Waals surface area contributed by atoms with Gasteiger partial charge in [-0.1, -0.05) is 12.1 Å². The van der Waals surface area contributed by atoms with E-state index in [1.807, 2.05) is 0 Å². The second-order valence-corrected chi connectivity index (χ2v) is 8.95. The zero-order valence-corrected chi connectivity index (χ0v) is 15.4. The van der Waals surface area contributed by atoms with Crippen LogP contribution < -0.4 is 4.90 Å². The molecule has 1 N–H and O–H groups in total. The molecule has 1 aliphatic rings. The van der Waals surface area contributed by atoms with E-state index < -0.39 is 32.8 Å². The number of amides is 1. The molecule has 2 rings (SSSR count). The number of hydrogen-bond donors (Lipinski definition) is 1. The van der Waals surface area contributed by atoms with E-state index in [1.165, 1.54) is 4.90 Å². The van der Waals surface area contributed by atoms with Crippen molar-refractivity contribution in [1.82, 2.24) is 0 Å². The van der Waals surface area contributed by atoms with E-state index in [4.69, 9.17) is 4.74 Å².